The fraction of sp³-hybridized carbons (Fsp3) is 1.00. The van der Waals surface area contributed by atoms with Crippen molar-refractivity contribution in [2.24, 2.45) is 17.3 Å². The molecule has 2 aliphatic carbocycles. The maximum absolute atomic E-state index is 13.7. The van der Waals surface area contributed by atoms with Crippen molar-refractivity contribution in [2.75, 3.05) is 13.2 Å². The van der Waals surface area contributed by atoms with E-state index in [9.17, 15) is 43.5 Å². The van der Waals surface area contributed by atoms with Crippen LogP contribution in [0, 0.1) is 17.3 Å². The molecule has 2 unspecified atom stereocenters. The largest absolute Gasteiger partial charge is 0.460 e. The molecule has 2 bridgehead atoms. The summed E-state index contributed by atoms with van der Waals surface area (Å²) in [5, 5.41) is -6.57. The van der Waals surface area contributed by atoms with Crippen LogP contribution in [-0.2, 0) is 19.6 Å². The predicted octanol–water partition coefficient (Wildman–Crippen LogP) is 5.71. The summed E-state index contributed by atoms with van der Waals surface area (Å²) >= 11 is 0. The quantitative estimate of drug-likeness (QED) is 0.221. The molecule has 190 valence electrons. The zero-order valence-electron chi connectivity index (χ0n) is 17.2. The minimum Gasteiger partial charge on any atom is -0.381 e. The van der Waals surface area contributed by atoms with Crippen LogP contribution >= 0.6 is 0 Å². The molecule has 2 fully saturated rings. The second-order valence-electron chi connectivity index (χ2n) is 9.11. The van der Waals surface area contributed by atoms with Crippen LogP contribution in [0.1, 0.15) is 58.3 Å². The van der Waals surface area contributed by atoms with E-state index in [1.165, 1.54) is 0 Å². The Balaban J connectivity index is 1.86. The second kappa shape index (κ2) is 9.14. The molecule has 0 aliphatic heterocycles. The first kappa shape index (κ1) is 27.5. The Morgan fingerprint density at radius 2 is 1.50 bits per heavy atom. The molecule has 2 atom stereocenters. The summed E-state index contributed by atoms with van der Waals surface area (Å²) < 4.78 is 143. The normalized spacial score (nSPS) is 28.1. The maximum atomic E-state index is 13.7. The van der Waals surface area contributed by atoms with E-state index in [1.54, 1.807) is 0 Å². The molecule has 2 rings (SSSR count). The molecule has 0 spiro atoms. The van der Waals surface area contributed by atoms with Crippen LogP contribution in [-0.4, -0.2) is 49.6 Å². The lowest BCUT2D eigenvalue weighted by molar-refractivity contribution is -0.456. The molecular formula is C18H26F8O5S. The number of ether oxygens (including phenoxy) is 2. The standard InChI is InChI=1S/C18H26F8O5S/c1-14(9-12-4-2-5-13(8-12)10-14)11-30-7-3-6-15(19,20)16(21,22)31-17(23,24)18(25,26)32(27,28)29/h12-13H,2-11H2,1H3,(H,27,28,29). The van der Waals surface area contributed by atoms with E-state index < -0.39 is 53.0 Å². The summed E-state index contributed by atoms with van der Waals surface area (Å²) in [5.41, 5.74) is -0.188. The Morgan fingerprint density at radius 1 is 0.969 bits per heavy atom. The van der Waals surface area contributed by atoms with Crippen molar-refractivity contribution in [3.8, 4) is 0 Å². The second-order valence-corrected chi connectivity index (χ2v) is 10.6. The summed E-state index contributed by atoms with van der Waals surface area (Å²) in [6, 6.07) is 0. The lowest BCUT2D eigenvalue weighted by atomic mass is 9.62. The van der Waals surface area contributed by atoms with Crippen LogP contribution < -0.4 is 0 Å². The van der Waals surface area contributed by atoms with E-state index >= 15 is 0 Å². The van der Waals surface area contributed by atoms with Gasteiger partial charge in [0.15, 0.2) is 0 Å². The number of hydrogen-bond acceptors (Lipinski definition) is 4. The first-order valence-corrected chi connectivity index (χ1v) is 11.5. The molecule has 2 saturated carbocycles. The number of alkyl halides is 8. The SMILES string of the molecule is CC1(COCCCC(F)(F)C(F)(F)OC(F)(F)C(F)(F)S(=O)(=O)O)CC2CCCC(C2)C1. The molecule has 14 heteroatoms. The van der Waals surface area contributed by atoms with E-state index in [1.807, 2.05) is 6.92 Å². The van der Waals surface area contributed by atoms with Crippen molar-refractivity contribution >= 4 is 10.1 Å². The van der Waals surface area contributed by atoms with Crippen molar-refractivity contribution in [3.05, 3.63) is 0 Å². The average Bonchev–Trinajstić information content (AvgIpc) is 2.58. The van der Waals surface area contributed by atoms with Crippen molar-refractivity contribution in [1.29, 1.82) is 0 Å². The molecule has 1 N–H and O–H groups in total. The highest BCUT2D eigenvalue weighted by Crippen LogP contribution is 2.49. The Labute approximate surface area is 180 Å². The van der Waals surface area contributed by atoms with E-state index in [0.717, 1.165) is 38.5 Å². The van der Waals surface area contributed by atoms with Gasteiger partial charge in [0.05, 0.1) is 6.61 Å². The average molecular weight is 506 g/mol. The molecule has 0 radical (unpaired) electrons. The fourth-order valence-electron chi connectivity index (χ4n) is 4.67. The lowest BCUT2D eigenvalue weighted by Crippen LogP contribution is -2.55. The highest BCUT2D eigenvalue weighted by molar-refractivity contribution is 7.86. The van der Waals surface area contributed by atoms with Gasteiger partial charge in [0.25, 0.3) is 0 Å². The smallest absolute Gasteiger partial charge is 0.381 e. The highest BCUT2D eigenvalue weighted by Gasteiger charge is 2.73. The van der Waals surface area contributed by atoms with Gasteiger partial charge in [-0.05, 0) is 42.9 Å². The van der Waals surface area contributed by atoms with Gasteiger partial charge in [-0.3, -0.25) is 4.55 Å². The first-order chi connectivity index (χ1) is 14.3. The van der Waals surface area contributed by atoms with Crippen LogP contribution in [0.15, 0.2) is 0 Å². The van der Waals surface area contributed by atoms with Gasteiger partial charge >= 0.3 is 33.5 Å². The van der Waals surface area contributed by atoms with Crippen LogP contribution in [0.5, 0.6) is 0 Å². The van der Waals surface area contributed by atoms with Crippen LogP contribution in [0.2, 0.25) is 0 Å². The molecule has 0 aromatic carbocycles. The topological polar surface area (TPSA) is 72.8 Å². The lowest BCUT2D eigenvalue weighted by Gasteiger charge is -2.45. The van der Waals surface area contributed by atoms with E-state index in [4.69, 9.17) is 9.29 Å². The van der Waals surface area contributed by atoms with Gasteiger partial charge < -0.3 is 4.74 Å². The van der Waals surface area contributed by atoms with E-state index in [2.05, 4.69) is 4.74 Å². The molecular weight excluding hydrogens is 480 g/mol. The van der Waals surface area contributed by atoms with Crippen molar-refractivity contribution in [2.45, 2.75) is 81.7 Å². The molecule has 32 heavy (non-hydrogen) atoms. The summed E-state index contributed by atoms with van der Waals surface area (Å²) in [4.78, 5) is 0. The van der Waals surface area contributed by atoms with Gasteiger partial charge in [-0.15, -0.1) is 0 Å². The van der Waals surface area contributed by atoms with Gasteiger partial charge in [0.1, 0.15) is 0 Å². The molecule has 0 saturated heterocycles. The van der Waals surface area contributed by atoms with Gasteiger partial charge in [-0.25, -0.2) is 4.74 Å². The number of hydrogen-bond donors (Lipinski definition) is 1. The van der Waals surface area contributed by atoms with E-state index in [-0.39, 0.29) is 12.0 Å². The predicted molar refractivity (Wildman–Crippen MR) is 95.3 cm³/mol. The van der Waals surface area contributed by atoms with Crippen molar-refractivity contribution in [1.82, 2.24) is 0 Å². The highest BCUT2D eigenvalue weighted by atomic mass is 32.2. The monoisotopic (exact) mass is 506 g/mol. The number of fused-ring (bicyclic) bond motifs is 2. The molecule has 0 aromatic rings. The van der Waals surface area contributed by atoms with Gasteiger partial charge in [0.2, 0.25) is 0 Å². The molecule has 0 heterocycles. The molecule has 0 amide bonds. The van der Waals surface area contributed by atoms with Crippen molar-refractivity contribution < 1.29 is 57.6 Å². The Morgan fingerprint density at radius 3 is 2.00 bits per heavy atom. The minimum absolute atomic E-state index is 0.188. The first-order valence-electron chi connectivity index (χ1n) is 10.1. The van der Waals surface area contributed by atoms with Gasteiger partial charge in [-0.2, -0.15) is 43.5 Å². The molecule has 0 aromatic heterocycles. The number of rotatable bonds is 11. The third-order valence-electron chi connectivity index (χ3n) is 6.03. The summed E-state index contributed by atoms with van der Waals surface area (Å²) in [5.74, 6) is -4.24. The van der Waals surface area contributed by atoms with Crippen LogP contribution in [0.25, 0.3) is 0 Å². The minimum atomic E-state index is -6.93. The summed E-state index contributed by atoms with van der Waals surface area (Å²) in [6.07, 6.45) is -8.97. The van der Waals surface area contributed by atoms with Crippen molar-refractivity contribution in [3.63, 3.8) is 0 Å². The number of halogens is 8. The summed E-state index contributed by atoms with van der Waals surface area (Å²) in [6.45, 7) is 1.79. The maximum Gasteiger partial charge on any atom is 0.460 e. The molecule has 2 aliphatic rings. The Bertz CT molecular complexity index is 746. The zero-order chi connectivity index (χ0) is 24.6. The third-order valence-corrected chi connectivity index (χ3v) is 6.91. The molecule has 5 nitrogen and oxygen atoms in total. The van der Waals surface area contributed by atoms with Crippen LogP contribution in [0.3, 0.4) is 0 Å². The van der Waals surface area contributed by atoms with Gasteiger partial charge in [0, 0.05) is 13.0 Å². The Hall–Kier alpha value is -0.730. The Kier molecular flexibility index (Phi) is 7.86. The van der Waals surface area contributed by atoms with Crippen LogP contribution in [0.4, 0.5) is 35.1 Å². The zero-order valence-corrected chi connectivity index (χ0v) is 18.1. The summed E-state index contributed by atoms with van der Waals surface area (Å²) in [7, 11) is -6.93. The fourth-order valence-corrected chi connectivity index (χ4v) is 5.02. The van der Waals surface area contributed by atoms with E-state index in [0.29, 0.717) is 11.8 Å². The van der Waals surface area contributed by atoms with Gasteiger partial charge in [-0.1, -0.05) is 26.2 Å². The third kappa shape index (κ3) is 6.03.